The number of aromatic amines is 1. The summed E-state index contributed by atoms with van der Waals surface area (Å²) in [6, 6.07) is 15.4. The Hall–Kier alpha value is -4.24. The van der Waals surface area contributed by atoms with Crippen LogP contribution in [0.2, 0.25) is 0 Å². The number of rotatable bonds is 5. The molecule has 0 fully saturated rings. The first-order valence-corrected chi connectivity index (χ1v) is 9.18. The van der Waals surface area contributed by atoms with Crippen molar-refractivity contribution in [2.24, 2.45) is 0 Å². The third-order valence-electron chi connectivity index (χ3n) is 4.78. The first-order chi connectivity index (χ1) is 15.0. The van der Waals surface area contributed by atoms with E-state index in [-0.39, 0.29) is 11.4 Å². The van der Waals surface area contributed by atoms with E-state index in [0.29, 0.717) is 33.6 Å². The summed E-state index contributed by atoms with van der Waals surface area (Å²) in [4.78, 5) is 23.9. The van der Waals surface area contributed by atoms with E-state index in [1.54, 1.807) is 24.3 Å². The number of amides is 2. The lowest BCUT2D eigenvalue weighted by atomic mass is 10.0. The second kappa shape index (κ2) is 8.25. The normalized spacial score (nSPS) is 10.7. The minimum atomic E-state index is -0.670. The van der Waals surface area contributed by atoms with Crippen molar-refractivity contribution in [2.75, 3.05) is 12.4 Å². The number of hydrogen-bond acceptors (Lipinski definition) is 5. The summed E-state index contributed by atoms with van der Waals surface area (Å²) in [6.07, 6.45) is 0. The molecule has 0 saturated carbocycles. The highest BCUT2D eigenvalue weighted by molar-refractivity contribution is 6.08. The van der Waals surface area contributed by atoms with Crippen molar-refractivity contribution in [3.8, 4) is 16.9 Å². The van der Waals surface area contributed by atoms with Crippen molar-refractivity contribution < 1.29 is 23.9 Å². The van der Waals surface area contributed by atoms with Gasteiger partial charge in [0.05, 0.1) is 12.6 Å². The van der Waals surface area contributed by atoms with Crippen LogP contribution < -0.4 is 15.5 Å². The van der Waals surface area contributed by atoms with Crippen LogP contribution in [0.1, 0.15) is 20.7 Å². The van der Waals surface area contributed by atoms with Crippen LogP contribution in [0.15, 0.2) is 60.7 Å². The molecule has 2 amide bonds. The molecule has 0 unspecified atom stereocenters. The number of carbonyl (C=O) groups excluding carboxylic acids is 2. The molecule has 4 aromatic rings. The number of nitrogens with one attached hydrogen (secondary N) is 3. The predicted octanol–water partition coefficient (Wildman–Crippen LogP) is 3.75. The van der Waals surface area contributed by atoms with Crippen LogP contribution in [-0.2, 0) is 0 Å². The number of benzene rings is 3. The molecular formula is C22H17FN4O4. The number of hydrogen-bond donors (Lipinski definition) is 4. The number of ether oxygens (including phenoxy) is 1. The Kier molecular flexibility index (Phi) is 5.33. The summed E-state index contributed by atoms with van der Waals surface area (Å²) < 4.78 is 19.0. The summed E-state index contributed by atoms with van der Waals surface area (Å²) in [6.45, 7) is 0. The number of nitrogens with zero attached hydrogens (tertiary/aromatic N) is 1. The molecule has 31 heavy (non-hydrogen) atoms. The van der Waals surface area contributed by atoms with Crippen LogP contribution >= 0.6 is 0 Å². The molecule has 1 heterocycles. The van der Waals surface area contributed by atoms with Crippen molar-refractivity contribution >= 4 is 28.5 Å². The van der Waals surface area contributed by atoms with Gasteiger partial charge in [0.25, 0.3) is 11.8 Å². The molecule has 0 aliphatic rings. The molecule has 3 aromatic carbocycles. The molecule has 0 aliphatic carbocycles. The van der Waals surface area contributed by atoms with Gasteiger partial charge in [-0.2, -0.15) is 5.10 Å². The van der Waals surface area contributed by atoms with E-state index < -0.39 is 11.8 Å². The lowest BCUT2D eigenvalue weighted by Crippen LogP contribution is -2.19. The van der Waals surface area contributed by atoms with E-state index in [0.717, 1.165) is 5.56 Å². The SMILES string of the molecule is COc1ccc(F)cc1-c1ccc2c(NC(=O)c3ccc(C(=O)NO)cc3)n[nH]c2c1. The highest BCUT2D eigenvalue weighted by Gasteiger charge is 2.14. The molecule has 0 spiro atoms. The maximum Gasteiger partial charge on any atom is 0.274 e. The number of aromatic nitrogens is 2. The Labute approximate surface area is 175 Å². The molecular weight excluding hydrogens is 403 g/mol. The third kappa shape index (κ3) is 3.94. The van der Waals surface area contributed by atoms with Gasteiger partial charge in [0.15, 0.2) is 5.82 Å². The van der Waals surface area contributed by atoms with E-state index in [4.69, 9.17) is 9.94 Å². The molecule has 8 nitrogen and oxygen atoms in total. The largest absolute Gasteiger partial charge is 0.496 e. The molecule has 0 saturated heterocycles. The lowest BCUT2D eigenvalue weighted by Gasteiger charge is -2.09. The van der Waals surface area contributed by atoms with Crippen LogP contribution in [0.3, 0.4) is 0 Å². The predicted molar refractivity (Wildman–Crippen MR) is 112 cm³/mol. The maximum atomic E-state index is 13.7. The van der Waals surface area contributed by atoms with Crippen LogP contribution in [0, 0.1) is 5.82 Å². The molecule has 156 valence electrons. The van der Waals surface area contributed by atoms with E-state index in [9.17, 15) is 14.0 Å². The highest BCUT2D eigenvalue weighted by Crippen LogP contribution is 2.33. The van der Waals surface area contributed by atoms with Crippen molar-refractivity contribution in [2.45, 2.75) is 0 Å². The van der Waals surface area contributed by atoms with Crippen LogP contribution in [0.5, 0.6) is 5.75 Å². The van der Waals surface area contributed by atoms with Gasteiger partial charge in [-0.15, -0.1) is 0 Å². The first kappa shape index (κ1) is 20.0. The summed E-state index contributed by atoms with van der Waals surface area (Å²) in [5.74, 6) is -0.603. The van der Waals surface area contributed by atoms with Crippen LogP contribution in [0.4, 0.5) is 10.2 Å². The minimum Gasteiger partial charge on any atom is -0.496 e. The van der Waals surface area contributed by atoms with E-state index >= 15 is 0 Å². The van der Waals surface area contributed by atoms with Crippen LogP contribution in [0.25, 0.3) is 22.0 Å². The second-order valence-corrected chi connectivity index (χ2v) is 6.65. The number of fused-ring (bicyclic) bond motifs is 1. The zero-order valence-electron chi connectivity index (χ0n) is 16.3. The van der Waals surface area contributed by atoms with Gasteiger partial charge in [0.1, 0.15) is 11.6 Å². The fraction of sp³-hybridized carbons (Fsp3) is 0.0455. The van der Waals surface area contributed by atoms with Gasteiger partial charge < -0.3 is 10.1 Å². The van der Waals surface area contributed by atoms with Crippen molar-refractivity contribution in [1.82, 2.24) is 15.7 Å². The number of hydroxylamine groups is 1. The zero-order chi connectivity index (χ0) is 22.0. The number of anilines is 1. The zero-order valence-corrected chi connectivity index (χ0v) is 16.3. The van der Waals surface area contributed by atoms with Gasteiger partial charge in [-0.25, -0.2) is 9.87 Å². The van der Waals surface area contributed by atoms with Gasteiger partial charge in [-0.05, 0) is 60.2 Å². The first-order valence-electron chi connectivity index (χ1n) is 9.18. The Bertz CT molecular complexity index is 1280. The van der Waals surface area contributed by atoms with Gasteiger partial charge in [0.2, 0.25) is 0 Å². The molecule has 0 radical (unpaired) electrons. The average Bonchev–Trinajstić information content (AvgIpc) is 3.20. The van der Waals surface area contributed by atoms with E-state index in [2.05, 4.69) is 15.5 Å². The number of H-pyrrole nitrogens is 1. The third-order valence-corrected chi connectivity index (χ3v) is 4.78. The summed E-state index contributed by atoms with van der Waals surface area (Å²) in [5.41, 5.74) is 4.02. The molecule has 0 atom stereocenters. The van der Waals surface area contributed by atoms with Crippen molar-refractivity contribution in [1.29, 1.82) is 0 Å². The second-order valence-electron chi connectivity index (χ2n) is 6.65. The van der Waals surface area contributed by atoms with E-state index in [1.807, 2.05) is 0 Å². The standard InChI is InChI=1S/C22H17FN4O4/c1-31-19-9-7-15(23)11-17(19)14-6-8-16-18(10-14)25-26-20(16)24-21(28)12-2-4-13(5-3-12)22(29)27-30/h2-11,30H,1H3,(H,27,29)(H2,24,25,26,28). The van der Waals surface area contributed by atoms with Gasteiger partial charge in [-0.1, -0.05) is 6.07 Å². The Morgan fingerprint density at radius 1 is 1.00 bits per heavy atom. The van der Waals surface area contributed by atoms with Crippen LogP contribution in [-0.4, -0.2) is 34.3 Å². The molecule has 0 aliphatic heterocycles. The lowest BCUT2D eigenvalue weighted by molar-refractivity contribution is 0.0706. The summed E-state index contributed by atoms with van der Waals surface area (Å²) in [7, 11) is 1.52. The minimum absolute atomic E-state index is 0.213. The highest BCUT2D eigenvalue weighted by atomic mass is 19.1. The quantitative estimate of drug-likeness (QED) is 0.290. The molecule has 9 heteroatoms. The average molecular weight is 420 g/mol. The van der Waals surface area contributed by atoms with Gasteiger partial charge in [0, 0.05) is 22.1 Å². The Morgan fingerprint density at radius 3 is 2.39 bits per heavy atom. The number of carbonyl (C=O) groups is 2. The topological polar surface area (TPSA) is 116 Å². The fourth-order valence-electron chi connectivity index (χ4n) is 3.21. The van der Waals surface area contributed by atoms with Crippen molar-refractivity contribution in [3.05, 3.63) is 77.6 Å². The van der Waals surface area contributed by atoms with Gasteiger partial charge >= 0.3 is 0 Å². The molecule has 1 aromatic heterocycles. The van der Waals surface area contributed by atoms with Crippen molar-refractivity contribution in [3.63, 3.8) is 0 Å². The van der Waals surface area contributed by atoms with Gasteiger partial charge in [-0.3, -0.25) is 19.9 Å². The number of halogens is 1. The maximum absolute atomic E-state index is 13.7. The molecule has 0 bridgehead atoms. The Morgan fingerprint density at radius 2 is 1.71 bits per heavy atom. The molecule has 4 N–H and O–H groups in total. The molecule has 4 rings (SSSR count). The number of methoxy groups -OCH3 is 1. The fourth-order valence-corrected chi connectivity index (χ4v) is 3.21. The summed E-state index contributed by atoms with van der Waals surface area (Å²) in [5, 5.41) is 19.1. The van der Waals surface area contributed by atoms with E-state index in [1.165, 1.54) is 49.0 Å². The monoisotopic (exact) mass is 420 g/mol. The Balaban J connectivity index is 1.60. The smallest absolute Gasteiger partial charge is 0.274 e. The summed E-state index contributed by atoms with van der Waals surface area (Å²) >= 11 is 0.